The first-order valence-electron chi connectivity index (χ1n) is 4.04. The molecule has 0 aliphatic heterocycles. The smallest absolute Gasteiger partial charge is 0.0253 e. The van der Waals surface area contributed by atoms with Gasteiger partial charge in [0.15, 0.2) is 0 Å². The minimum atomic E-state index is 0.249. The van der Waals surface area contributed by atoms with Gasteiger partial charge in [0.1, 0.15) is 0 Å². The molecule has 0 aromatic heterocycles. The van der Waals surface area contributed by atoms with Crippen LogP contribution in [0.4, 0.5) is 0 Å². The van der Waals surface area contributed by atoms with Crippen LogP contribution >= 0.6 is 0 Å². The number of allylic oxidation sites excluding steroid dienone is 7. The zero-order valence-corrected chi connectivity index (χ0v) is 6.53. The second-order valence-corrected chi connectivity index (χ2v) is 3.29. The fraction of sp³-hybridized carbons (Fsp3) is 0.273. The molecule has 0 N–H and O–H groups in total. The van der Waals surface area contributed by atoms with Gasteiger partial charge in [-0.3, -0.25) is 0 Å². The van der Waals surface area contributed by atoms with E-state index in [9.17, 15) is 0 Å². The van der Waals surface area contributed by atoms with E-state index in [1.165, 1.54) is 6.42 Å². The van der Waals surface area contributed by atoms with Crippen molar-refractivity contribution in [1.82, 2.24) is 0 Å². The molecule has 2 aliphatic rings. The quantitative estimate of drug-likeness (QED) is 0.413. The van der Waals surface area contributed by atoms with Crippen LogP contribution in [0.1, 0.15) is 6.42 Å². The summed E-state index contributed by atoms with van der Waals surface area (Å²) in [4.78, 5) is 0. The predicted octanol–water partition coefficient (Wildman–Crippen LogP) is 2.86. The topological polar surface area (TPSA) is 0 Å². The van der Waals surface area contributed by atoms with Crippen molar-refractivity contribution in [2.45, 2.75) is 6.42 Å². The zero-order valence-electron chi connectivity index (χ0n) is 6.53. The highest BCUT2D eigenvalue weighted by Gasteiger charge is 2.33. The van der Waals surface area contributed by atoms with E-state index in [4.69, 9.17) is 0 Å². The van der Waals surface area contributed by atoms with Gasteiger partial charge in [-0.15, -0.1) is 0 Å². The number of fused-ring (bicyclic) bond motifs is 2. The van der Waals surface area contributed by atoms with E-state index in [2.05, 4.69) is 37.0 Å². The average Bonchev–Trinajstić information content (AvgIpc) is 2.60. The van der Waals surface area contributed by atoms with Crippen molar-refractivity contribution < 1.29 is 0 Å². The van der Waals surface area contributed by atoms with Gasteiger partial charge in [0.2, 0.25) is 0 Å². The third-order valence-electron chi connectivity index (χ3n) is 2.44. The summed E-state index contributed by atoms with van der Waals surface area (Å²) in [5, 5.41) is 0. The number of rotatable bonds is 2. The summed E-state index contributed by atoms with van der Waals surface area (Å²) in [6.45, 7) is 3.67. The predicted molar refractivity (Wildman–Crippen MR) is 48.2 cm³/mol. The number of hydrogen-bond acceptors (Lipinski definition) is 0. The van der Waals surface area contributed by atoms with Crippen LogP contribution in [0, 0.1) is 11.3 Å². The molecule has 0 nitrogen and oxygen atoms in total. The molecular weight excluding hydrogens is 132 g/mol. The minimum Gasteiger partial charge on any atom is -0.0991 e. The first-order valence-corrected chi connectivity index (χ1v) is 4.04. The van der Waals surface area contributed by atoms with Crippen LogP contribution in [0.15, 0.2) is 49.1 Å². The van der Waals surface area contributed by atoms with Gasteiger partial charge in [-0.25, -0.2) is 0 Å². The van der Waals surface area contributed by atoms with Crippen molar-refractivity contribution in [3.05, 3.63) is 49.1 Å². The Morgan fingerprint density at radius 1 is 1.36 bits per heavy atom. The van der Waals surface area contributed by atoms with Crippen molar-refractivity contribution in [3.63, 3.8) is 0 Å². The first kappa shape index (κ1) is 6.66. The van der Waals surface area contributed by atoms with Gasteiger partial charge in [0.25, 0.3) is 0 Å². The van der Waals surface area contributed by atoms with Crippen LogP contribution in [-0.4, -0.2) is 0 Å². The van der Waals surface area contributed by atoms with Crippen LogP contribution < -0.4 is 0 Å². The van der Waals surface area contributed by atoms with Gasteiger partial charge in [0, 0.05) is 5.41 Å². The van der Waals surface area contributed by atoms with Gasteiger partial charge >= 0.3 is 0 Å². The van der Waals surface area contributed by atoms with Gasteiger partial charge < -0.3 is 0 Å². The van der Waals surface area contributed by atoms with Crippen molar-refractivity contribution in [2.75, 3.05) is 0 Å². The van der Waals surface area contributed by atoms with Crippen molar-refractivity contribution in [2.24, 2.45) is 11.3 Å². The normalized spacial score (nSPS) is 39.1. The van der Waals surface area contributed by atoms with E-state index in [0.29, 0.717) is 5.92 Å². The summed E-state index contributed by atoms with van der Waals surface area (Å²) in [5.74, 6) is 0.699. The van der Waals surface area contributed by atoms with E-state index in [1.807, 2.05) is 12.2 Å². The lowest BCUT2D eigenvalue weighted by Gasteiger charge is -2.14. The van der Waals surface area contributed by atoms with Gasteiger partial charge in [0.05, 0.1) is 0 Å². The van der Waals surface area contributed by atoms with Gasteiger partial charge in [-0.05, 0) is 12.3 Å². The second kappa shape index (κ2) is 2.23. The summed E-state index contributed by atoms with van der Waals surface area (Å²) >= 11 is 0. The highest BCUT2D eigenvalue weighted by atomic mass is 14.4. The van der Waals surface area contributed by atoms with Crippen LogP contribution in [0.3, 0.4) is 0 Å². The molecule has 0 spiro atoms. The summed E-state index contributed by atoms with van der Waals surface area (Å²) in [6.07, 6.45) is 16.5. The number of hydrogen-bond donors (Lipinski definition) is 0. The molecule has 0 heterocycles. The molecule has 0 saturated carbocycles. The molecule has 11 heavy (non-hydrogen) atoms. The molecule has 0 amide bonds. The molecule has 0 radical (unpaired) electrons. The van der Waals surface area contributed by atoms with Crippen molar-refractivity contribution >= 4 is 0 Å². The zero-order chi connectivity index (χ0) is 7.73. The van der Waals surface area contributed by atoms with Gasteiger partial charge in [-0.2, -0.15) is 0 Å². The lowest BCUT2D eigenvalue weighted by molar-refractivity contribution is 0.601. The molecule has 0 aromatic rings. The Hall–Kier alpha value is -1.04. The Bertz CT molecular complexity index is 239. The molecule has 0 heteroatoms. The summed E-state index contributed by atoms with van der Waals surface area (Å²) in [7, 11) is 0. The SMILES string of the molecule is C=CC=CC12C=CC(C=C1)C2. The molecule has 0 saturated heterocycles. The fourth-order valence-electron chi connectivity index (χ4n) is 1.83. The van der Waals surface area contributed by atoms with Crippen LogP contribution in [0.2, 0.25) is 0 Å². The molecule has 2 aliphatic carbocycles. The Morgan fingerprint density at radius 2 is 2.09 bits per heavy atom. The lowest BCUT2D eigenvalue weighted by atomic mass is 9.90. The van der Waals surface area contributed by atoms with E-state index in [-0.39, 0.29) is 5.41 Å². The second-order valence-electron chi connectivity index (χ2n) is 3.29. The molecule has 0 unspecified atom stereocenters. The summed E-state index contributed by atoms with van der Waals surface area (Å²) < 4.78 is 0. The molecule has 56 valence electrons. The highest BCUT2D eigenvalue weighted by molar-refractivity contribution is 5.35. The third-order valence-corrected chi connectivity index (χ3v) is 2.44. The summed E-state index contributed by atoms with van der Waals surface area (Å²) in [5.41, 5.74) is 0.249. The Balaban J connectivity index is 2.23. The molecular formula is C11H12. The molecule has 0 aromatic carbocycles. The maximum Gasteiger partial charge on any atom is 0.0253 e. The van der Waals surface area contributed by atoms with E-state index in [1.54, 1.807) is 0 Å². The monoisotopic (exact) mass is 144 g/mol. The minimum absolute atomic E-state index is 0.249. The standard InChI is InChI=1S/C11H12/c1-2-3-6-11-7-4-10(9-11)5-8-11/h2-8,10H,1,9H2. The van der Waals surface area contributed by atoms with Gasteiger partial charge in [-0.1, -0.05) is 49.1 Å². The van der Waals surface area contributed by atoms with E-state index >= 15 is 0 Å². The Morgan fingerprint density at radius 3 is 2.55 bits per heavy atom. The molecule has 2 rings (SSSR count). The van der Waals surface area contributed by atoms with Crippen molar-refractivity contribution in [3.8, 4) is 0 Å². The first-order chi connectivity index (χ1) is 5.35. The molecule has 2 bridgehead atoms. The lowest BCUT2D eigenvalue weighted by Crippen LogP contribution is -2.03. The largest absolute Gasteiger partial charge is 0.0991 e. The van der Waals surface area contributed by atoms with E-state index in [0.717, 1.165) is 0 Å². The third kappa shape index (κ3) is 0.988. The maximum atomic E-state index is 3.67. The maximum absolute atomic E-state index is 3.67. The van der Waals surface area contributed by atoms with Crippen LogP contribution in [0.25, 0.3) is 0 Å². The highest BCUT2D eigenvalue weighted by Crippen LogP contribution is 2.44. The van der Waals surface area contributed by atoms with Crippen molar-refractivity contribution in [1.29, 1.82) is 0 Å². The van der Waals surface area contributed by atoms with Crippen LogP contribution in [-0.2, 0) is 0 Å². The average molecular weight is 144 g/mol. The molecule has 0 fully saturated rings. The summed E-state index contributed by atoms with van der Waals surface area (Å²) in [6, 6.07) is 0. The fourth-order valence-corrected chi connectivity index (χ4v) is 1.83. The van der Waals surface area contributed by atoms with Crippen LogP contribution in [0.5, 0.6) is 0 Å². The Kier molecular flexibility index (Phi) is 1.35. The Labute approximate surface area is 67.6 Å². The molecule has 0 atom stereocenters. The van der Waals surface area contributed by atoms with E-state index < -0.39 is 0 Å².